The molecule has 2 rings (SSSR count). The molecule has 100 valence electrons. The Morgan fingerprint density at radius 2 is 2.16 bits per heavy atom. The number of nitrogens with zero attached hydrogens (tertiary/aromatic N) is 1. The molecule has 0 radical (unpaired) electrons. The SMILES string of the molecule is CCOC(=O)c1oc(-c2ccc(Cl)c(C)c2)nc1C. The number of hydrogen-bond donors (Lipinski definition) is 0. The highest BCUT2D eigenvalue weighted by molar-refractivity contribution is 6.31. The number of aromatic nitrogens is 1. The molecule has 0 spiro atoms. The van der Waals surface area contributed by atoms with Gasteiger partial charge in [0.2, 0.25) is 11.7 Å². The molecule has 0 N–H and O–H groups in total. The van der Waals surface area contributed by atoms with Crippen LogP contribution in [0.2, 0.25) is 5.02 Å². The molecule has 4 nitrogen and oxygen atoms in total. The van der Waals surface area contributed by atoms with Crippen molar-refractivity contribution in [2.45, 2.75) is 20.8 Å². The topological polar surface area (TPSA) is 52.3 Å². The summed E-state index contributed by atoms with van der Waals surface area (Å²) in [5.41, 5.74) is 2.22. The normalized spacial score (nSPS) is 10.5. The quantitative estimate of drug-likeness (QED) is 0.802. The summed E-state index contributed by atoms with van der Waals surface area (Å²) in [6.45, 7) is 5.65. The maximum atomic E-state index is 11.7. The molecule has 0 aliphatic heterocycles. The summed E-state index contributed by atoms with van der Waals surface area (Å²) in [5.74, 6) is 0.0363. The van der Waals surface area contributed by atoms with Gasteiger partial charge in [-0.2, -0.15) is 0 Å². The predicted molar refractivity (Wildman–Crippen MR) is 72.4 cm³/mol. The van der Waals surface area contributed by atoms with Crippen LogP contribution in [0.15, 0.2) is 22.6 Å². The molecular weight excluding hydrogens is 266 g/mol. The summed E-state index contributed by atoms with van der Waals surface area (Å²) in [7, 11) is 0. The van der Waals surface area contributed by atoms with E-state index >= 15 is 0 Å². The highest BCUT2D eigenvalue weighted by Crippen LogP contribution is 2.26. The number of rotatable bonds is 3. The van der Waals surface area contributed by atoms with Crippen molar-refractivity contribution >= 4 is 17.6 Å². The Labute approximate surface area is 116 Å². The minimum Gasteiger partial charge on any atom is -0.460 e. The molecule has 0 saturated carbocycles. The summed E-state index contributed by atoms with van der Waals surface area (Å²) >= 11 is 5.97. The van der Waals surface area contributed by atoms with Gasteiger partial charge in [-0.1, -0.05) is 11.6 Å². The molecule has 1 heterocycles. The van der Waals surface area contributed by atoms with Gasteiger partial charge in [0.1, 0.15) is 0 Å². The second-order valence-electron chi connectivity index (χ2n) is 4.12. The smallest absolute Gasteiger partial charge is 0.376 e. The molecule has 1 aromatic heterocycles. The molecule has 0 saturated heterocycles. The molecule has 0 bridgehead atoms. The average molecular weight is 280 g/mol. The van der Waals surface area contributed by atoms with E-state index in [1.807, 2.05) is 13.0 Å². The van der Waals surface area contributed by atoms with Crippen LogP contribution in [-0.4, -0.2) is 17.6 Å². The van der Waals surface area contributed by atoms with Crippen molar-refractivity contribution in [3.05, 3.63) is 40.2 Å². The summed E-state index contributed by atoms with van der Waals surface area (Å²) < 4.78 is 10.4. The van der Waals surface area contributed by atoms with Gasteiger partial charge < -0.3 is 9.15 Å². The number of carbonyl (C=O) groups excluding carboxylic acids is 1. The summed E-state index contributed by atoms with van der Waals surface area (Å²) in [5, 5.41) is 0.678. The van der Waals surface area contributed by atoms with Gasteiger partial charge in [0.05, 0.1) is 12.3 Å². The second-order valence-corrected chi connectivity index (χ2v) is 4.53. The van der Waals surface area contributed by atoms with E-state index in [1.165, 1.54) is 0 Å². The first-order chi connectivity index (χ1) is 9.02. The van der Waals surface area contributed by atoms with Crippen LogP contribution in [0.25, 0.3) is 11.5 Å². The maximum Gasteiger partial charge on any atom is 0.376 e. The van der Waals surface area contributed by atoms with E-state index in [-0.39, 0.29) is 5.76 Å². The fraction of sp³-hybridized carbons (Fsp3) is 0.286. The van der Waals surface area contributed by atoms with E-state index in [4.69, 9.17) is 20.8 Å². The Balaban J connectivity index is 2.38. The zero-order valence-electron chi connectivity index (χ0n) is 11.0. The van der Waals surface area contributed by atoms with Crippen LogP contribution in [0.1, 0.15) is 28.7 Å². The van der Waals surface area contributed by atoms with Gasteiger partial charge >= 0.3 is 5.97 Å². The third-order valence-electron chi connectivity index (χ3n) is 2.66. The number of esters is 1. The zero-order valence-corrected chi connectivity index (χ0v) is 11.7. The predicted octanol–water partition coefficient (Wildman–Crippen LogP) is 3.79. The lowest BCUT2D eigenvalue weighted by atomic mass is 10.1. The van der Waals surface area contributed by atoms with Crippen molar-refractivity contribution in [3.63, 3.8) is 0 Å². The number of oxazole rings is 1. The third kappa shape index (κ3) is 2.79. The molecule has 0 fully saturated rings. The van der Waals surface area contributed by atoms with E-state index in [2.05, 4.69) is 4.98 Å². The van der Waals surface area contributed by atoms with Crippen LogP contribution < -0.4 is 0 Å². The van der Waals surface area contributed by atoms with Crippen LogP contribution in [-0.2, 0) is 4.74 Å². The van der Waals surface area contributed by atoms with Crippen molar-refractivity contribution in [3.8, 4) is 11.5 Å². The van der Waals surface area contributed by atoms with E-state index in [9.17, 15) is 4.79 Å². The monoisotopic (exact) mass is 279 g/mol. The van der Waals surface area contributed by atoms with Crippen molar-refractivity contribution in [2.75, 3.05) is 6.61 Å². The highest BCUT2D eigenvalue weighted by Gasteiger charge is 2.19. The minimum atomic E-state index is -0.496. The summed E-state index contributed by atoms with van der Waals surface area (Å²) in [4.78, 5) is 15.9. The van der Waals surface area contributed by atoms with Crippen molar-refractivity contribution < 1.29 is 13.9 Å². The van der Waals surface area contributed by atoms with E-state index in [1.54, 1.807) is 26.0 Å². The van der Waals surface area contributed by atoms with Gasteiger partial charge in [-0.05, 0) is 44.5 Å². The Morgan fingerprint density at radius 3 is 2.79 bits per heavy atom. The standard InChI is InChI=1S/C14H14ClNO3/c1-4-18-14(17)12-9(3)16-13(19-12)10-5-6-11(15)8(2)7-10/h5-7H,4H2,1-3H3. The van der Waals surface area contributed by atoms with Crippen LogP contribution in [0.3, 0.4) is 0 Å². The number of benzene rings is 1. The Bertz CT molecular complexity index is 619. The van der Waals surface area contributed by atoms with Gasteiger partial charge in [0, 0.05) is 10.6 Å². The van der Waals surface area contributed by atoms with Crippen LogP contribution in [0, 0.1) is 13.8 Å². The highest BCUT2D eigenvalue weighted by atomic mass is 35.5. The molecule has 0 amide bonds. The van der Waals surface area contributed by atoms with E-state index in [0.717, 1.165) is 11.1 Å². The largest absolute Gasteiger partial charge is 0.460 e. The Kier molecular flexibility index (Phi) is 3.90. The minimum absolute atomic E-state index is 0.143. The van der Waals surface area contributed by atoms with Gasteiger partial charge in [0.25, 0.3) is 0 Å². The molecule has 2 aromatic rings. The number of halogens is 1. The van der Waals surface area contributed by atoms with Gasteiger partial charge in [0.15, 0.2) is 0 Å². The third-order valence-corrected chi connectivity index (χ3v) is 3.09. The molecular formula is C14H14ClNO3. The van der Waals surface area contributed by atoms with Crippen molar-refractivity contribution in [1.82, 2.24) is 4.98 Å². The Hall–Kier alpha value is -1.81. The average Bonchev–Trinajstić information content (AvgIpc) is 2.75. The lowest BCUT2D eigenvalue weighted by Gasteiger charge is -2.00. The first-order valence-corrected chi connectivity index (χ1v) is 6.31. The lowest BCUT2D eigenvalue weighted by Crippen LogP contribution is -2.04. The number of hydrogen-bond acceptors (Lipinski definition) is 4. The second kappa shape index (κ2) is 5.45. The number of aryl methyl sites for hydroxylation is 2. The molecule has 5 heteroatoms. The summed E-state index contributed by atoms with van der Waals surface area (Å²) in [6.07, 6.45) is 0. The molecule has 1 aromatic carbocycles. The fourth-order valence-corrected chi connectivity index (χ4v) is 1.80. The molecule has 0 unspecified atom stereocenters. The van der Waals surface area contributed by atoms with Gasteiger partial charge in [-0.3, -0.25) is 0 Å². The number of ether oxygens (including phenoxy) is 1. The Morgan fingerprint density at radius 1 is 1.42 bits per heavy atom. The van der Waals surface area contributed by atoms with Gasteiger partial charge in [-0.25, -0.2) is 9.78 Å². The van der Waals surface area contributed by atoms with E-state index < -0.39 is 5.97 Å². The molecule has 0 aliphatic rings. The van der Waals surface area contributed by atoms with Crippen molar-refractivity contribution in [2.24, 2.45) is 0 Å². The molecule has 19 heavy (non-hydrogen) atoms. The first kappa shape index (κ1) is 13.6. The van der Waals surface area contributed by atoms with Gasteiger partial charge in [-0.15, -0.1) is 0 Å². The zero-order chi connectivity index (χ0) is 14.0. The summed E-state index contributed by atoms with van der Waals surface area (Å²) in [6, 6.07) is 5.44. The first-order valence-electron chi connectivity index (χ1n) is 5.94. The van der Waals surface area contributed by atoms with Crippen LogP contribution >= 0.6 is 11.6 Å². The number of carbonyl (C=O) groups is 1. The van der Waals surface area contributed by atoms with Crippen LogP contribution in [0.5, 0.6) is 0 Å². The molecule has 0 atom stereocenters. The fourth-order valence-electron chi connectivity index (χ4n) is 1.68. The molecule has 0 aliphatic carbocycles. The van der Waals surface area contributed by atoms with Crippen LogP contribution in [0.4, 0.5) is 0 Å². The van der Waals surface area contributed by atoms with Crippen molar-refractivity contribution in [1.29, 1.82) is 0 Å². The maximum absolute atomic E-state index is 11.7. The lowest BCUT2D eigenvalue weighted by molar-refractivity contribution is 0.0490. The van der Waals surface area contributed by atoms with E-state index in [0.29, 0.717) is 23.2 Å².